The average molecular weight is 209 g/mol. The van der Waals surface area contributed by atoms with Crippen molar-refractivity contribution in [2.45, 2.75) is 25.9 Å². The molecule has 0 aromatic heterocycles. The molecule has 2 nitrogen and oxygen atoms in total. The van der Waals surface area contributed by atoms with Gasteiger partial charge in [0.15, 0.2) is 11.6 Å². The van der Waals surface area contributed by atoms with Crippen molar-refractivity contribution in [2.24, 2.45) is 0 Å². The van der Waals surface area contributed by atoms with Crippen molar-refractivity contribution in [3.05, 3.63) is 29.6 Å². The molecule has 1 aromatic carbocycles. The fraction of sp³-hybridized carbons (Fsp3) is 0.500. The van der Waals surface area contributed by atoms with E-state index in [2.05, 4.69) is 5.32 Å². The minimum absolute atomic E-state index is 0.107. The van der Waals surface area contributed by atoms with E-state index in [4.69, 9.17) is 4.74 Å². The molecule has 1 aliphatic rings. The number of nitrogens with one attached hydrogen (secondary N) is 1. The highest BCUT2D eigenvalue weighted by atomic mass is 19.1. The molecule has 1 saturated heterocycles. The van der Waals surface area contributed by atoms with Gasteiger partial charge in [0.2, 0.25) is 0 Å². The van der Waals surface area contributed by atoms with Gasteiger partial charge in [0, 0.05) is 6.54 Å². The molecule has 1 unspecified atom stereocenters. The predicted octanol–water partition coefficient (Wildman–Crippen LogP) is 2.26. The predicted molar refractivity (Wildman–Crippen MR) is 57.7 cm³/mol. The second-order valence-electron chi connectivity index (χ2n) is 4.02. The number of ether oxygens (including phenoxy) is 1. The van der Waals surface area contributed by atoms with Crippen LogP contribution in [0.3, 0.4) is 0 Å². The van der Waals surface area contributed by atoms with Crippen molar-refractivity contribution < 1.29 is 9.13 Å². The van der Waals surface area contributed by atoms with Crippen LogP contribution < -0.4 is 10.1 Å². The summed E-state index contributed by atoms with van der Waals surface area (Å²) in [5.74, 6) is 0.106. The van der Waals surface area contributed by atoms with E-state index in [-0.39, 0.29) is 11.9 Å². The van der Waals surface area contributed by atoms with E-state index in [1.807, 2.05) is 6.92 Å². The van der Waals surface area contributed by atoms with Crippen LogP contribution in [0.15, 0.2) is 18.2 Å². The van der Waals surface area contributed by atoms with Gasteiger partial charge in [0.25, 0.3) is 0 Å². The van der Waals surface area contributed by atoms with Crippen molar-refractivity contribution in [1.29, 1.82) is 0 Å². The van der Waals surface area contributed by atoms with Crippen LogP contribution >= 0.6 is 0 Å². The molecule has 0 radical (unpaired) electrons. The molecule has 15 heavy (non-hydrogen) atoms. The summed E-state index contributed by atoms with van der Waals surface area (Å²) in [6.45, 7) is 3.79. The summed E-state index contributed by atoms with van der Waals surface area (Å²) in [4.78, 5) is 0. The molecular weight excluding hydrogens is 193 g/mol. The maximum atomic E-state index is 13.4. The summed E-state index contributed by atoms with van der Waals surface area (Å²) in [5.41, 5.74) is 1.02. The maximum absolute atomic E-state index is 13.4. The summed E-state index contributed by atoms with van der Waals surface area (Å²) in [6, 6.07) is 4.96. The first-order valence-electron chi connectivity index (χ1n) is 5.39. The van der Waals surface area contributed by atoms with Gasteiger partial charge in [0.1, 0.15) is 6.10 Å². The highest BCUT2D eigenvalue weighted by Crippen LogP contribution is 2.21. The summed E-state index contributed by atoms with van der Waals surface area (Å²) < 4.78 is 19.0. The van der Waals surface area contributed by atoms with Gasteiger partial charge in [-0.05, 0) is 44.0 Å². The molecule has 1 fully saturated rings. The second kappa shape index (κ2) is 4.62. The van der Waals surface area contributed by atoms with Crippen molar-refractivity contribution in [1.82, 2.24) is 5.32 Å². The number of hydrogen-bond acceptors (Lipinski definition) is 2. The summed E-state index contributed by atoms with van der Waals surface area (Å²) in [7, 11) is 0. The van der Waals surface area contributed by atoms with E-state index in [1.165, 1.54) is 6.07 Å². The van der Waals surface area contributed by atoms with Gasteiger partial charge in [-0.2, -0.15) is 0 Å². The van der Waals surface area contributed by atoms with Gasteiger partial charge < -0.3 is 10.1 Å². The number of aryl methyl sites for hydroxylation is 1. The lowest BCUT2D eigenvalue weighted by Crippen LogP contribution is -2.37. The lowest BCUT2D eigenvalue weighted by molar-refractivity contribution is 0.160. The normalized spacial score (nSPS) is 21.3. The topological polar surface area (TPSA) is 21.3 Å². The minimum Gasteiger partial charge on any atom is -0.486 e. The Morgan fingerprint density at radius 1 is 1.47 bits per heavy atom. The molecular formula is C12H16FNO. The first kappa shape index (κ1) is 10.4. The average Bonchev–Trinajstić information content (AvgIpc) is 2.25. The maximum Gasteiger partial charge on any atom is 0.165 e. The molecule has 0 spiro atoms. The van der Waals surface area contributed by atoms with Crippen molar-refractivity contribution in [2.75, 3.05) is 13.1 Å². The molecule has 1 heterocycles. The van der Waals surface area contributed by atoms with Crippen LogP contribution in [-0.4, -0.2) is 19.2 Å². The molecule has 1 atom stereocenters. The Morgan fingerprint density at radius 3 is 3.07 bits per heavy atom. The largest absolute Gasteiger partial charge is 0.486 e. The first-order chi connectivity index (χ1) is 7.25. The molecule has 1 aliphatic heterocycles. The van der Waals surface area contributed by atoms with E-state index < -0.39 is 0 Å². The van der Waals surface area contributed by atoms with Crippen LogP contribution in [0.1, 0.15) is 18.4 Å². The third-order valence-corrected chi connectivity index (χ3v) is 2.63. The van der Waals surface area contributed by atoms with Crippen molar-refractivity contribution >= 4 is 0 Å². The Bertz CT molecular complexity index is 334. The monoisotopic (exact) mass is 209 g/mol. The van der Waals surface area contributed by atoms with Gasteiger partial charge in [-0.1, -0.05) is 6.07 Å². The van der Waals surface area contributed by atoms with E-state index in [0.29, 0.717) is 5.75 Å². The van der Waals surface area contributed by atoms with E-state index in [9.17, 15) is 4.39 Å². The summed E-state index contributed by atoms with van der Waals surface area (Å²) in [5, 5.41) is 3.24. The van der Waals surface area contributed by atoms with Gasteiger partial charge >= 0.3 is 0 Å². The molecule has 0 bridgehead atoms. The highest BCUT2D eigenvalue weighted by molar-refractivity contribution is 5.29. The van der Waals surface area contributed by atoms with E-state index >= 15 is 0 Å². The fourth-order valence-corrected chi connectivity index (χ4v) is 1.80. The van der Waals surface area contributed by atoms with E-state index in [1.54, 1.807) is 12.1 Å². The van der Waals surface area contributed by atoms with E-state index in [0.717, 1.165) is 31.5 Å². The molecule has 2 rings (SSSR count). The molecule has 0 aliphatic carbocycles. The van der Waals surface area contributed by atoms with Crippen LogP contribution in [0.4, 0.5) is 4.39 Å². The second-order valence-corrected chi connectivity index (χ2v) is 4.02. The molecule has 1 N–H and O–H groups in total. The molecule has 3 heteroatoms. The van der Waals surface area contributed by atoms with Crippen LogP contribution in [0.2, 0.25) is 0 Å². The van der Waals surface area contributed by atoms with Crippen molar-refractivity contribution in [3.63, 3.8) is 0 Å². The minimum atomic E-state index is -0.272. The standard InChI is InChI=1S/C12H16FNO/c1-9-4-5-11(13)12(7-9)15-10-3-2-6-14-8-10/h4-5,7,10,14H,2-3,6,8H2,1H3. The highest BCUT2D eigenvalue weighted by Gasteiger charge is 2.16. The third kappa shape index (κ3) is 2.69. The SMILES string of the molecule is Cc1ccc(F)c(OC2CCCNC2)c1. The van der Waals surface area contributed by atoms with Gasteiger partial charge in [0.05, 0.1) is 0 Å². The van der Waals surface area contributed by atoms with Crippen LogP contribution in [-0.2, 0) is 0 Å². The third-order valence-electron chi connectivity index (χ3n) is 2.63. The summed E-state index contributed by atoms with van der Waals surface area (Å²) in [6.07, 6.45) is 2.20. The number of hydrogen-bond donors (Lipinski definition) is 1. The van der Waals surface area contributed by atoms with Crippen LogP contribution in [0.5, 0.6) is 5.75 Å². The van der Waals surface area contributed by atoms with Crippen molar-refractivity contribution in [3.8, 4) is 5.75 Å². The lowest BCUT2D eigenvalue weighted by atomic mass is 10.1. The molecule has 0 amide bonds. The number of rotatable bonds is 2. The van der Waals surface area contributed by atoms with Gasteiger partial charge in [-0.25, -0.2) is 4.39 Å². The Hall–Kier alpha value is -1.09. The first-order valence-corrected chi connectivity index (χ1v) is 5.39. The van der Waals surface area contributed by atoms with Gasteiger partial charge in [-0.15, -0.1) is 0 Å². The zero-order valence-corrected chi connectivity index (χ0v) is 8.92. The molecule has 1 aromatic rings. The number of benzene rings is 1. The Balaban J connectivity index is 2.05. The quantitative estimate of drug-likeness (QED) is 0.806. The zero-order chi connectivity index (χ0) is 10.7. The van der Waals surface area contributed by atoms with Crippen LogP contribution in [0, 0.1) is 12.7 Å². The number of piperidine rings is 1. The Kier molecular flexibility index (Phi) is 3.21. The molecule has 0 saturated carbocycles. The number of halogens is 1. The Labute approximate surface area is 89.4 Å². The zero-order valence-electron chi connectivity index (χ0n) is 8.92. The Morgan fingerprint density at radius 2 is 2.33 bits per heavy atom. The van der Waals surface area contributed by atoms with Crippen LogP contribution in [0.25, 0.3) is 0 Å². The van der Waals surface area contributed by atoms with Gasteiger partial charge in [-0.3, -0.25) is 0 Å². The molecule has 82 valence electrons. The fourth-order valence-electron chi connectivity index (χ4n) is 1.80. The smallest absolute Gasteiger partial charge is 0.165 e. The summed E-state index contributed by atoms with van der Waals surface area (Å²) >= 11 is 0. The lowest BCUT2D eigenvalue weighted by Gasteiger charge is -2.24.